The molecule has 134 valence electrons. The van der Waals surface area contributed by atoms with Crippen LogP contribution in [0, 0.1) is 0 Å². The normalized spacial score (nSPS) is 11.6. The van der Waals surface area contributed by atoms with E-state index in [1.807, 2.05) is 0 Å². The lowest BCUT2D eigenvalue weighted by Gasteiger charge is -2.12. The summed E-state index contributed by atoms with van der Waals surface area (Å²) in [5.74, 6) is 0. The molecule has 0 saturated carbocycles. The first-order valence-corrected chi connectivity index (χ1v) is 8.82. The van der Waals surface area contributed by atoms with Crippen molar-refractivity contribution in [3.05, 3.63) is 24.3 Å². The van der Waals surface area contributed by atoms with Crippen molar-refractivity contribution in [3.8, 4) is 0 Å². The molecule has 0 fully saturated rings. The fourth-order valence-electron chi connectivity index (χ4n) is 1.14. The van der Waals surface area contributed by atoms with E-state index < -0.39 is 18.3 Å². The number of thioether (sulfide) groups is 2. The van der Waals surface area contributed by atoms with Gasteiger partial charge in [-0.2, -0.15) is 8.78 Å². The van der Waals surface area contributed by atoms with E-state index in [0.29, 0.717) is 11.4 Å². The van der Waals surface area contributed by atoms with Gasteiger partial charge in [0, 0.05) is 23.5 Å². The summed E-state index contributed by atoms with van der Waals surface area (Å²) in [6, 6.07) is 6.05. The zero-order valence-corrected chi connectivity index (χ0v) is 15.9. The van der Waals surface area contributed by atoms with E-state index in [9.17, 15) is 18.4 Å². The van der Waals surface area contributed by atoms with E-state index in [-0.39, 0.29) is 23.5 Å². The van der Waals surface area contributed by atoms with E-state index >= 15 is 0 Å². The van der Waals surface area contributed by atoms with Crippen LogP contribution in [0.4, 0.5) is 29.7 Å². The second kappa shape index (κ2) is 9.25. The van der Waals surface area contributed by atoms with Gasteiger partial charge in [-0.05, 0) is 24.3 Å². The summed E-state index contributed by atoms with van der Waals surface area (Å²) in [5.41, 5.74) is 10.1. The molecular formula is C10H8Cl4F2N4O2S2. The van der Waals surface area contributed by atoms with Crippen LogP contribution in [0.15, 0.2) is 24.3 Å². The number of anilines is 2. The van der Waals surface area contributed by atoms with Gasteiger partial charge in [0.15, 0.2) is 0 Å². The second-order valence-electron chi connectivity index (χ2n) is 3.75. The molecule has 1 aromatic rings. The average molecular weight is 460 g/mol. The van der Waals surface area contributed by atoms with Crippen molar-refractivity contribution in [3.63, 3.8) is 0 Å². The summed E-state index contributed by atoms with van der Waals surface area (Å²) in [4.78, 5) is 22.5. The number of hydrogen-bond acceptors (Lipinski definition) is 6. The zero-order chi connectivity index (χ0) is 18.4. The minimum atomic E-state index is -2.74. The van der Waals surface area contributed by atoms with Crippen LogP contribution in [-0.2, 0) is 0 Å². The van der Waals surface area contributed by atoms with Crippen molar-refractivity contribution in [1.82, 2.24) is 10.9 Å². The van der Waals surface area contributed by atoms with E-state index in [1.165, 1.54) is 24.3 Å². The maximum absolute atomic E-state index is 12.8. The van der Waals surface area contributed by atoms with Gasteiger partial charge in [0.05, 0.1) is 11.4 Å². The Morgan fingerprint density at radius 3 is 1.33 bits per heavy atom. The first kappa shape index (κ1) is 21.5. The summed E-state index contributed by atoms with van der Waals surface area (Å²) in [5, 5.41) is -1.68. The van der Waals surface area contributed by atoms with Crippen molar-refractivity contribution < 1.29 is 18.4 Å². The molecule has 0 saturated heterocycles. The molecule has 0 atom stereocenters. The monoisotopic (exact) mass is 458 g/mol. The molecule has 0 bridgehead atoms. The molecular weight excluding hydrogens is 452 g/mol. The Bertz CT molecular complexity index is 533. The van der Waals surface area contributed by atoms with Gasteiger partial charge in [0.25, 0.3) is 0 Å². The van der Waals surface area contributed by atoms with Gasteiger partial charge in [-0.15, -0.1) is 0 Å². The van der Waals surface area contributed by atoms with Crippen LogP contribution in [0.1, 0.15) is 0 Å². The molecule has 0 unspecified atom stereocenters. The maximum atomic E-state index is 12.8. The number of rotatable bonds is 6. The number of hydrazine groups is 2. The zero-order valence-electron chi connectivity index (χ0n) is 11.2. The molecule has 4 N–H and O–H groups in total. The number of carbonyl (C=O) groups is 2. The maximum Gasteiger partial charge on any atom is 0.313 e. The molecule has 0 aromatic heterocycles. The molecule has 0 aliphatic heterocycles. The van der Waals surface area contributed by atoms with Crippen LogP contribution in [0.5, 0.6) is 0 Å². The smallest absolute Gasteiger partial charge is 0.298 e. The van der Waals surface area contributed by atoms with Crippen LogP contribution in [0.25, 0.3) is 0 Å². The lowest BCUT2D eigenvalue weighted by molar-refractivity contribution is 0.261. The van der Waals surface area contributed by atoms with Crippen molar-refractivity contribution >= 4 is 91.8 Å². The highest BCUT2D eigenvalue weighted by molar-refractivity contribution is 8.16. The molecule has 24 heavy (non-hydrogen) atoms. The third-order valence-corrected chi connectivity index (χ3v) is 3.88. The molecule has 0 heterocycles. The number of nitrogens with one attached hydrogen (secondary N) is 4. The summed E-state index contributed by atoms with van der Waals surface area (Å²) < 4.78 is 20.1. The molecule has 1 rings (SSSR count). The SMILES string of the molecule is O=C(NNc1ccc(NNC(=O)SC(F)(Cl)Cl)cc1)SC(F)(Cl)Cl. The number of benzene rings is 1. The van der Waals surface area contributed by atoms with Gasteiger partial charge in [0.2, 0.25) is 0 Å². The van der Waals surface area contributed by atoms with Gasteiger partial charge < -0.3 is 0 Å². The Labute approximate surface area is 163 Å². The second-order valence-corrected chi connectivity index (χ2v) is 9.39. The van der Waals surface area contributed by atoms with Crippen molar-refractivity contribution in [2.75, 3.05) is 10.9 Å². The third kappa shape index (κ3) is 10.4. The number of carbonyl (C=O) groups excluding carboxylic acids is 2. The summed E-state index contributed by atoms with van der Waals surface area (Å²) in [7, 11) is 0. The molecule has 1 aromatic carbocycles. The first-order valence-electron chi connectivity index (χ1n) is 5.68. The Morgan fingerprint density at radius 2 is 1.08 bits per heavy atom. The van der Waals surface area contributed by atoms with Gasteiger partial charge >= 0.3 is 18.3 Å². The van der Waals surface area contributed by atoms with Gasteiger partial charge in [-0.25, -0.2) is 0 Å². The highest BCUT2D eigenvalue weighted by atomic mass is 35.5. The van der Waals surface area contributed by atoms with Crippen molar-refractivity contribution in [2.45, 2.75) is 7.84 Å². The fourth-order valence-corrected chi connectivity index (χ4v) is 2.61. The van der Waals surface area contributed by atoms with Crippen molar-refractivity contribution in [2.24, 2.45) is 0 Å². The quantitative estimate of drug-likeness (QED) is 0.339. The van der Waals surface area contributed by atoms with E-state index in [0.717, 1.165) is 0 Å². The summed E-state index contributed by atoms with van der Waals surface area (Å²) >= 11 is 20.1. The lowest BCUT2D eigenvalue weighted by atomic mass is 10.3. The number of hydrogen-bond donors (Lipinski definition) is 4. The summed E-state index contributed by atoms with van der Waals surface area (Å²) in [6.07, 6.45) is 0. The predicted octanol–water partition coefficient (Wildman–Crippen LogP) is 5.34. The van der Waals surface area contributed by atoms with Gasteiger partial charge in [-0.1, -0.05) is 46.4 Å². The van der Waals surface area contributed by atoms with Crippen LogP contribution < -0.4 is 21.7 Å². The molecule has 0 radical (unpaired) electrons. The molecule has 14 heteroatoms. The molecule has 6 nitrogen and oxygen atoms in total. The van der Waals surface area contributed by atoms with Crippen LogP contribution >= 0.6 is 69.9 Å². The molecule has 0 aliphatic rings. The van der Waals surface area contributed by atoms with E-state index in [4.69, 9.17) is 46.4 Å². The highest BCUT2D eigenvalue weighted by Gasteiger charge is 2.28. The predicted molar refractivity (Wildman–Crippen MR) is 97.0 cm³/mol. The average Bonchev–Trinajstić information content (AvgIpc) is 2.40. The Kier molecular flexibility index (Phi) is 8.30. The van der Waals surface area contributed by atoms with Gasteiger partial charge in [0.1, 0.15) is 0 Å². The topological polar surface area (TPSA) is 82.3 Å². The van der Waals surface area contributed by atoms with Crippen LogP contribution in [-0.4, -0.2) is 18.3 Å². The standard InChI is InChI=1S/C10H8Cl4F2N4O2S2/c11-9(12,15)23-7(21)19-17-5-1-2-6(4-3-5)18-20-8(22)24-10(13,14)16/h1-4,17-18H,(H,19,21)(H,20,22). The number of amides is 2. The lowest BCUT2D eigenvalue weighted by Crippen LogP contribution is -2.28. The third-order valence-electron chi connectivity index (χ3n) is 1.92. The highest BCUT2D eigenvalue weighted by Crippen LogP contribution is 2.36. The van der Waals surface area contributed by atoms with Crippen LogP contribution in [0.2, 0.25) is 0 Å². The summed E-state index contributed by atoms with van der Waals surface area (Å²) in [6.45, 7) is 0. The van der Waals surface area contributed by atoms with E-state index in [1.54, 1.807) is 0 Å². The Balaban J connectivity index is 2.41. The minimum absolute atomic E-state index is 0.0322. The first-order chi connectivity index (χ1) is 10.9. The number of alkyl halides is 6. The van der Waals surface area contributed by atoms with Crippen LogP contribution in [0.3, 0.4) is 0 Å². The number of halogens is 6. The largest absolute Gasteiger partial charge is 0.313 e. The minimum Gasteiger partial charge on any atom is -0.298 e. The molecule has 0 spiro atoms. The van der Waals surface area contributed by atoms with Crippen molar-refractivity contribution in [1.29, 1.82) is 0 Å². The Hall–Kier alpha value is -0.520. The molecule has 2 amide bonds. The molecule has 0 aliphatic carbocycles. The fraction of sp³-hybridized carbons (Fsp3) is 0.200. The van der Waals surface area contributed by atoms with E-state index in [2.05, 4.69) is 21.7 Å². The van der Waals surface area contributed by atoms with Gasteiger partial charge in [-0.3, -0.25) is 31.3 Å². The Morgan fingerprint density at radius 1 is 0.792 bits per heavy atom.